The number of thiazole rings is 1. The zero-order valence-electron chi connectivity index (χ0n) is 9.24. The monoisotopic (exact) mass is 286 g/mol. The third-order valence-corrected chi connectivity index (χ3v) is 3.16. The van der Waals surface area contributed by atoms with Crippen molar-refractivity contribution in [3.63, 3.8) is 0 Å². The molecule has 1 heterocycles. The standard InChI is InChI=1S/C11H8ClFN2O2S/c1-17-10(16)9-5-18-11(15-9)14-8-4-6(13)2-3-7(8)12/h2-5H,1H3,(H,14,15). The molecule has 1 N–H and O–H groups in total. The summed E-state index contributed by atoms with van der Waals surface area (Å²) in [7, 11) is 1.28. The van der Waals surface area contributed by atoms with E-state index in [1.807, 2.05) is 0 Å². The number of carbonyl (C=O) groups excluding carboxylic acids is 1. The number of carbonyl (C=O) groups is 1. The number of aromatic nitrogens is 1. The Bertz CT molecular complexity index is 588. The summed E-state index contributed by atoms with van der Waals surface area (Å²) in [6.45, 7) is 0. The molecule has 0 spiro atoms. The Kier molecular flexibility index (Phi) is 3.78. The molecule has 18 heavy (non-hydrogen) atoms. The Labute approximate surface area is 111 Å². The van der Waals surface area contributed by atoms with E-state index in [9.17, 15) is 9.18 Å². The Balaban J connectivity index is 2.21. The third kappa shape index (κ3) is 2.77. The summed E-state index contributed by atoms with van der Waals surface area (Å²) in [5.41, 5.74) is 0.583. The predicted octanol–water partition coefficient (Wildman–Crippen LogP) is 3.47. The van der Waals surface area contributed by atoms with Gasteiger partial charge in [0.05, 0.1) is 17.8 Å². The zero-order valence-corrected chi connectivity index (χ0v) is 10.8. The van der Waals surface area contributed by atoms with E-state index in [1.165, 1.54) is 36.6 Å². The van der Waals surface area contributed by atoms with Crippen LogP contribution in [0.15, 0.2) is 23.6 Å². The van der Waals surface area contributed by atoms with Crippen LogP contribution in [-0.2, 0) is 4.74 Å². The number of methoxy groups -OCH3 is 1. The van der Waals surface area contributed by atoms with Gasteiger partial charge in [-0.05, 0) is 18.2 Å². The molecule has 4 nitrogen and oxygen atoms in total. The lowest BCUT2D eigenvalue weighted by Crippen LogP contribution is -2.01. The molecule has 0 amide bonds. The predicted molar refractivity (Wildman–Crippen MR) is 68.1 cm³/mol. The number of esters is 1. The first kappa shape index (κ1) is 12.8. The van der Waals surface area contributed by atoms with Gasteiger partial charge in [-0.3, -0.25) is 0 Å². The van der Waals surface area contributed by atoms with E-state index in [1.54, 1.807) is 5.38 Å². The van der Waals surface area contributed by atoms with Crippen LogP contribution in [0.1, 0.15) is 10.5 Å². The molecule has 0 saturated heterocycles. The van der Waals surface area contributed by atoms with Gasteiger partial charge in [0.1, 0.15) is 5.82 Å². The topological polar surface area (TPSA) is 51.2 Å². The molecular formula is C11H8ClFN2O2S. The Morgan fingerprint density at radius 1 is 1.56 bits per heavy atom. The van der Waals surface area contributed by atoms with Crippen LogP contribution in [0.4, 0.5) is 15.2 Å². The molecule has 0 atom stereocenters. The number of hydrogen-bond acceptors (Lipinski definition) is 5. The second-order valence-corrected chi connectivity index (χ2v) is 4.54. The van der Waals surface area contributed by atoms with Gasteiger partial charge in [-0.25, -0.2) is 14.2 Å². The molecule has 0 aliphatic heterocycles. The number of anilines is 2. The van der Waals surface area contributed by atoms with E-state index >= 15 is 0 Å². The van der Waals surface area contributed by atoms with Crippen molar-refractivity contribution in [3.05, 3.63) is 40.1 Å². The van der Waals surface area contributed by atoms with E-state index in [4.69, 9.17) is 11.6 Å². The minimum Gasteiger partial charge on any atom is -0.464 e. The molecule has 2 aromatic rings. The highest BCUT2D eigenvalue weighted by molar-refractivity contribution is 7.14. The van der Waals surface area contributed by atoms with Gasteiger partial charge < -0.3 is 10.1 Å². The maximum Gasteiger partial charge on any atom is 0.357 e. The van der Waals surface area contributed by atoms with Gasteiger partial charge in [0.25, 0.3) is 0 Å². The molecule has 0 aliphatic carbocycles. The molecule has 1 aromatic heterocycles. The summed E-state index contributed by atoms with van der Waals surface area (Å²) in [4.78, 5) is 15.2. The van der Waals surface area contributed by atoms with Crippen LogP contribution >= 0.6 is 22.9 Å². The summed E-state index contributed by atoms with van der Waals surface area (Å²) in [5.74, 6) is -0.934. The number of halogens is 2. The Morgan fingerprint density at radius 2 is 2.33 bits per heavy atom. The second-order valence-electron chi connectivity index (χ2n) is 3.28. The van der Waals surface area contributed by atoms with Crippen molar-refractivity contribution in [1.29, 1.82) is 0 Å². The minimum absolute atomic E-state index is 0.192. The van der Waals surface area contributed by atoms with Crippen LogP contribution in [0.3, 0.4) is 0 Å². The number of benzene rings is 1. The molecular weight excluding hydrogens is 279 g/mol. The van der Waals surface area contributed by atoms with Crippen molar-refractivity contribution in [2.75, 3.05) is 12.4 Å². The van der Waals surface area contributed by atoms with Crippen LogP contribution < -0.4 is 5.32 Å². The molecule has 0 aliphatic rings. The van der Waals surface area contributed by atoms with E-state index < -0.39 is 11.8 Å². The minimum atomic E-state index is -0.523. The molecule has 0 radical (unpaired) electrons. The maximum atomic E-state index is 13.0. The number of hydrogen-bond donors (Lipinski definition) is 1. The first-order valence-electron chi connectivity index (χ1n) is 4.86. The van der Waals surface area contributed by atoms with E-state index in [0.29, 0.717) is 15.8 Å². The van der Waals surface area contributed by atoms with Crippen LogP contribution in [0.25, 0.3) is 0 Å². The molecule has 0 fully saturated rings. The average molecular weight is 287 g/mol. The number of rotatable bonds is 3. The number of ether oxygens (including phenoxy) is 1. The van der Waals surface area contributed by atoms with Gasteiger partial charge in [0, 0.05) is 5.38 Å². The number of nitrogens with zero attached hydrogens (tertiary/aromatic N) is 1. The van der Waals surface area contributed by atoms with Crippen molar-refractivity contribution in [2.24, 2.45) is 0 Å². The Hall–Kier alpha value is -1.66. The highest BCUT2D eigenvalue weighted by Gasteiger charge is 2.11. The fourth-order valence-electron chi connectivity index (χ4n) is 1.24. The first-order valence-corrected chi connectivity index (χ1v) is 6.12. The van der Waals surface area contributed by atoms with Gasteiger partial charge in [-0.2, -0.15) is 0 Å². The normalized spacial score (nSPS) is 10.2. The summed E-state index contributed by atoms with van der Waals surface area (Å²) in [5, 5.41) is 5.18. The number of nitrogens with one attached hydrogen (secondary N) is 1. The molecule has 7 heteroatoms. The van der Waals surface area contributed by atoms with Gasteiger partial charge in [0.15, 0.2) is 10.8 Å². The van der Waals surface area contributed by atoms with E-state index in [-0.39, 0.29) is 5.69 Å². The van der Waals surface area contributed by atoms with Crippen molar-refractivity contribution >= 4 is 39.7 Å². The smallest absolute Gasteiger partial charge is 0.357 e. The molecule has 0 saturated carbocycles. The maximum absolute atomic E-state index is 13.0. The summed E-state index contributed by atoms with van der Waals surface area (Å²) < 4.78 is 17.6. The second kappa shape index (κ2) is 5.32. The lowest BCUT2D eigenvalue weighted by Gasteiger charge is -2.04. The summed E-state index contributed by atoms with van der Waals surface area (Å²) >= 11 is 7.10. The van der Waals surface area contributed by atoms with E-state index in [0.717, 1.165) is 0 Å². The van der Waals surface area contributed by atoms with Gasteiger partial charge >= 0.3 is 5.97 Å². The third-order valence-electron chi connectivity index (χ3n) is 2.07. The van der Waals surface area contributed by atoms with Crippen molar-refractivity contribution < 1.29 is 13.9 Å². The van der Waals surface area contributed by atoms with Crippen molar-refractivity contribution in [3.8, 4) is 0 Å². The van der Waals surface area contributed by atoms with Crippen LogP contribution in [0, 0.1) is 5.82 Å². The highest BCUT2D eigenvalue weighted by Crippen LogP contribution is 2.27. The molecule has 0 bridgehead atoms. The largest absolute Gasteiger partial charge is 0.464 e. The zero-order chi connectivity index (χ0) is 13.1. The van der Waals surface area contributed by atoms with Crippen LogP contribution in [-0.4, -0.2) is 18.1 Å². The fraction of sp³-hybridized carbons (Fsp3) is 0.0909. The molecule has 1 aromatic carbocycles. The molecule has 2 rings (SSSR count). The van der Waals surface area contributed by atoms with Crippen LogP contribution in [0.2, 0.25) is 5.02 Å². The van der Waals surface area contributed by atoms with Crippen molar-refractivity contribution in [1.82, 2.24) is 4.98 Å². The fourth-order valence-corrected chi connectivity index (χ4v) is 2.09. The highest BCUT2D eigenvalue weighted by atomic mass is 35.5. The van der Waals surface area contributed by atoms with E-state index in [2.05, 4.69) is 15.0 Å². The first-order chi connectivity index (χ1) is 8.60. The SMILES string of the molecule is COC(=O)c1csc(Nc2cc(F)ccc2Cl)n1. The quantitative estimate of drug-likeness (QED) is 0.878. The molecule has 0 unspecified atom stereocenters. The lowest BCUT2D eigenvalue weighted by atomic mass is 10.3. The van der Waals surface area contributed by atoms with Gasteiger partial charge in [-0.15, -0.1) is 11.3 Å². The summed E-state index contributed by atoms with van der Waals surface area (Å²) in [6.07, 6.45) is 0. The Morgan fingerprint density at radius 3 is 3.06 bits per heavy atom. The average Bonchev–Trinajstić information content (AvgIpc) is 2.81. The lowest BCUT2D eigenvalue weighted by molar-refractivity contribution is 0.0595. The van der Waals surface area contributed by atoms with Crippen molar-refractivity contribution in [2.45, 2.75) is 0 Å². The van der Waals surface area contributed by atoms with Gasteiger partial charge in [0.2, 0.25) is 0 Å². The van der Waals surface area contributed by atoms with Crippen LogP contribution in [0.5, 0.6) is 0 Å². The van der Waals surface area contributed by atoms with Gasteiger partial charge in [-0.1, -0.05) is 11.6 Å². The molecule has 94 valence electrons. The summed E-state index contributed by atoms with van der Waals surface area (Å²) in [6, 6.07) is 3.95.